The second-order valence-corrected chi connectivity index (χ2v) is 8.53. The number of hydrogen-bond acceptors (Lipinski definition) is 2. The van der Waals surface area contributed by atoms with Crippen LogP contribution < -0.4 is 4.90 Å². The van der Waals surface area contributed by atoms with Gasteiger partial charge in [0.25, 0.3) is 0 Å². The average molecular weight is 439 g/mol. The first-order valence-corrected chi connectivity index (χ1v) is 11.8. The molecule has 168 valence electrons. The number of anilines is 1. The summed E-state index contributed by atoms with van der Waals surface area (Å²) in [6.45, 7) is 20.2. The zero-order valence-electron chi connectivity index (χ0n) is 20.5. The van der Waals surface area contributed by atoms with Gasteiger partial charge in [0.1, 0.15) is 6.07 Å². The Morgan fingerprint density at radius 1 is 1.06 bits per heavy atom. The van der Waals surface area contributed by atoms with Gasteiger partial charge in [0, 0.05) is 17.3 Å². The Morgan fingerprint density at radius 2 is 1.71 bits per heavy atom. The van der Waals surface area contributed by atoms with E-state index in [0.717, 1.165) is 36.7 Å². The quantitative estimate of drug-likeness (QED) is 0.411. The van der Waals surface area contributed by atoms with Gasteiger partial charge in [-0.2, -0.15) is 5.26 Å². The highest BCUT2D eigenvalue weighted by atomic mass is 35.5. The van der Waals surface area contributed by atoms with Crippen molar-refractivity contribution in [3.05, 3.63) is 75.4 Å². The van der Waals surface area contributed by atoms with Gasteiger partial charge in [0.15, 0.2) is 0 Å². The van der Waals surface area contributed by atoms with E-state index in [-0.39, 0.29) is 0 Å². The van der Waals surface area contributed by atoms with Crippen molar-refractivity contribution in [2.75, 3.05) is 11.4 Å². The first-order chi connectivity index (χ1) is 14.7. The summed E-state index contributed by atoms with van der Waals surface area (Å²) in [6, 6.07) is 12.2. The van der Waals surface area contributed by atoms with Crippen molar-refractivity contribution in [2.45, 2.75) is 80.1 Å². The molecule has 0 bridgehead atoms. The number of allylic oxidation sites excluding steroid dienone is 1. The third-order valence-electron chi connectivity index (χ3n) is 6.03. The van der Waals surface area contributed by atoms with Crippen molar-refractivity contribution < 1.29 is 0 Å². The third kappa shape index (κ3) is 7.15. The molecule has 0 atom stereocenters. The highest BCUT2D eigenvalue weighted by molar-refractivity contribution is 6.30. The van der Waals surface area contributed by atoms with Crippen LogP contribution in [-0.2, 0) is 6.42 Å². The molecular formula is C28H39ClN2. The SMILES string of the molecule is C=C(C)N(CCC)c1ccc(Cl)cc1C#N.CCc1ccc(C(CC)CC)c(C)c1C. The molecule has 0 aromatic heterocycles. The van der Waals surface area contributed by atoms with Gasteiger partial charge >= 0.3 is 0 Å². The zero-order chi connectivity index (χ0) is 23.6. The number of rotatable bonds is 8. The Bertz CT molecular complexity index is 904. The Kier molecular flexibility index (Phi) is 11.4. The number of hydrogen-bond donors (Lipinski definition) is 0. The van der Waals surface area contributed by atoms with E-state index < -0.39 is 0 Å². The van der Waals surface area contributed by atoms with Crippen molar-refractivity contribution in [3.63, 3.8) is 0 Å². The van der Waals surface area contributed by atoms with Crippen LogP contribution in [0.4, 0.5) is 5.69 Å². The zero-order valence-corrected chi connectivity index (χ0v) is 21.2. The number of aryl methyl sites for hydroxylation is 1. The smallest absolute Gasteiger partial charge is 0.101 e. The molecule has 2 aromatic carbocycles. The molecular weight excluding hydrogens is 400 g/mol. The highest BCUT2D eigenvalue weighted by Crippen LogP contribution is 2.29. The highest BCUT2D eigenvalue weighted by Gasteiger charge is 2.13. The molecule has 0 aliphatic rings. The lowest BCUT2D eigenvalue weighted by Gasteiger charge is -2.25. The molecule has 0 fully saturated rings. The number of nitriles is 1. The molecule has 2 rings (SSSR count). The van der Waals surface area contributed by atoms with Crippen LogP contribution in [0.5, 0.6) is 0 Å². The largest absolute Gasteiger partial charge is 0.345 e. The Balaban J connectivity index is 0.000000311. The average Bonchev–Trinajstić information content (AvgIpc) is 2.76. The van der Waals surface area contributed by atoms with Crippen LogP contribution in [0.15, 0.2) is 42.6 Å². The fourth-order valence-electron chi connectivity index (χ4n) is 4.03. The molecule has 0 radical (unpaired) electrons. The molecule has 0 N–H and O–H groups in total. The topological polar surface area (TPSA) is 27.0 Å². The van der Waals surface area contributed by atoms with Gasteiger partial charge in [-0.3, -0.25) is 0 Å². The molecule has 0 saturated heterocycles. The number of nitrogens with zero attached hydrogens (tertiary/aromatic N) is 2. The fraction of sp³-hybridized carbons (Fsp3) is 0.464. The predicted octanol–water partition coefficient (Wildman–Crippen LogP) is 8.73. The summed E-state index contributed by atoms with van der Waals surface area (Å²) < 4.78 is 0. The van der Waals surface area contributed by atoms with Gasteiger partial charge in [-0.05, 0) is 92.8 Å². The van der Waals surface area contributed by atoms with Crippen LogP contribution in [0, 0.1) is 25.2 Å². The van der Waals surface area contributed by atoms with E-state index in [4.69, 9.17) is 16.9 Å². The van der Waals surface area contributed by atoms with Gasteiger partial charge in [-0.15, -0.1) is 0 Å². The molecule has 3 heteroatoms. The van der Waals surface area contributed by atoms with Crippen LogP contribution in [0.3, 0.4) is 0 Å². The van der Waals surface area contributed by atoms with Crippen LogP contribution in [0.25, 0.3) is 0 Å². The summed E-state index contributed by atoms with van der Waals surface area (Å²) in [4.78, 5) is 2.04. The Labute approximate surface area is 195 Å². The van der Waals surface area contributed by atoms with Crippen molar-refractivity contribution in [2.24, 2.45) is 0 Å². The van der Waals surface area contributed by atoms with Gasteiger partial charge < -0.3 is 4.90 Å². The van der Waals surface area contributed by atoms with E-state index >= 15 is 0 Å². The minimum Gasteiger partial charge on any atom is -0.345 e. The monoisotopic (exact) mass is 438 g/mol. The fourth-order valence-corrected chi connectivity index (χ4v) is 4.20. The maximum atomic E-state index is 9.08. The van der Waals surface area contributed by atoms with Crippen LogP contribution in [0.1, 0.15) is 87.6 Å². The molecule has 0 spiro atoms. The molecule has 2 nitrogen and oxygen atoms in total. The second-order valence-electron chi connectivity index (χ2n) is 8.09. The maximum Gasteiger partial charge on any atom is 0.101 e. The van der Waals surface area contributed by atoms with Crippen LogP contribution in [-0.4, -0.2) is 6.54 Å². The molecule has 31 heavy (non-hydrogen) atoms. The van der Waals surface area contributed by atoms with E-state index in [2.05, 4.69) is 66.3 Å². The van der Waals surface area contributed by atoms with E-state index in [1.807, 2.05) is 17.9 Å². The molecule has 2 aromatic rings. The standard InChI is InChI=1S/C15H24.C13H15ClN2/c1-6-13(7-2)15-10-9-14(8-3)11(4)12(15)5;1-4-7-16(10(2)3)13-6-5-12(14)8-11(13)9-15/h9-10,13H,6-8H2,1-5H3;5-6,8H,2,4,7H2,1,3H3. The van der Waals surface area contributed by atoms with Crippen LogP contribution >= 0.6 is 11.6 Å². The predicted molar refractivity (Wildman–Crippen MR) is 137 cm³/mol. The lowest BCUT2D eigenvalue weighted by molar-refractivity contribution is 0.637. The normalized spacial score (nSPS) is 10.3. The van der Waals surface area contributed by atoms with E-state index in [0.29, 0.717) is 10.6 Å². The van der Waals surface area contributed by atoms with Gasteiger partial charge in [-0.25, -0.2) is 0 Å². The molecule has 0 aliphatic carbocycles. The minimum atomic E-state index is 0.582. The summed E-state index contributed by atoms with van der Waals surface area (Å²) >= 11 is 5.86. The van der Waals surface area contributed by atoms with Crippen molar-refractivity contribution in [1.29, 1.82) is 5.26 Å². The van der Waals surface area contributed by atoms with E-state index in [1.54, 1.807) is 17.7 Å². The lowest BCUT2D eigenvalue weighted by Crippen LogP contribution is -2.22. The molecule has 0 saturated carbocycles. The third-order valence-corrected chi connectivity index (χ3v) is 6.26. The first-order valence-electron chi connectivity index (χ1n) is 11.5. The van der Waals surface area contributed by atoms with Gasteiger partial charge in [0.05, 0.1) is 11.3 Å². The van der Waals surface area contributed by atoms with Crippen molar-refractivity contribution >= 4 is 17.3 Å². The summed E-state index contributed by atoms with van der Waals surface area (Å²) in [6.07, 6.45) is 4.65. The van der Waals surface area contributed by atoms with Gasteiger partial charge in [-0.1, -0.05) is 58.0 Å². The minimum absolute atomic E-state index is 0.582. The van der Waals surface area contributed by atoms with Crippen LogP contribution in [0.2, 0.25) is 5.02 Å². The summed E-state index contributed by atoms with van der Waals surface area (Å²) in [7, 11) is 0. The Hall–Kier alpha value is -2.24. The summed E-state index contributed by atoms with van der Waals surface area (Å²) in [5.74, 6) is 0.745. The first kappa shape index (κ1) is 26.8. The summed E-state index contributed by atoms with van der Waals surface area (Å²) in [5, 5.41) is 9.66. The molecule has 0 unspecified atom stereocenters. The molecule has 0 aliphatic heterocycles. The Morgan fingerprint density at radius 3 is 2.19 bits per heavy atom. The lowest BCUT2D eigenvalue weighted by atomic mass is 9.86. The van der Waals surface area contributed by atoms with Crippen molar-refractivity contribution in [3.8, 4) is 6.07 Å². The molecule has 0 amide bonds. The number of benzene rings is 2. The van der Waals surface area contributed by atoms with Gasteiger partial charge in [0.2, 0.25) is 0 Å². The summed E-state index contributed by atoms with van der Waals surface area (Å²) in [5.41, 5.74) is 8.48. The van der Waals surface area contributed by atoms with Crippen molar-refractivity contribution in [1.82, 2.24) is 0 Å². The number of halogens is 1. The van der Waals surface area contributed by atoms with E-state index in [9.17, 15) is 0 Å². The van der Waals surface area contributed by atoms with E-state index in [1.165, 1.54) is 29.5 Å². The maximum absolute atomic E-state index is 9.08. The molecule has 0 heterocycles. The second kappa shape index (κ2) is 13.2.